The van der Waals surface area contributed by atoms with E-state index >= 15 is 0 Å². The van der Waals surface area contributed by atoms with E-state index in [-0.39, 0.29) is 0 Å². The Morgan fingerprint density at radius 2 is 2.12 bits per heavy atom. The van der Waals surface area contributed by atoms with Gasteiger partial charge in [-0.1, -0.05) is 26.2 Å². The molecule has 146 valence electrons. The summed E-state index contributed by atoms with van der Waals surface area (Å²) >= 11 is 0. The van der Waals surface area contributed by atoms with Crippen molar-refractivity contribution >= 4 is 16.8 Å². The average Bonchev–Trinajstić information content (AvgIpc) is 3.36. The van der Waals surface area contributed by atoms with Crippen LogP contribution >= 0.6 is 0 Å². The van der Waals surface area contributed by atoms with Gasteiger partial charge in [-0.15, -0.1) is 0 Å². The highest BCUT2D eigenvalue weighted by Crippen LogP contribution is 2.28. The second kappa shape index (κ2) is 9.53. The van der Waals surface area contributed by atoms with Crippen LogP contribution in [0.15, 0.2) is 17.3 Å². The summed E-state index contributed by atoms with van der Waals surface area (Å²) in [4.78, 5) is 4.36. The standard InChI is InChI=1S/C19H33N5OS/c1-3-26(25)18-10-6-7-15(13-18)22-19(20-2)21-14-16-11-12-24(23-16)17-8-4-5-9-17/h11-12,15,17-18H,3-10,13-14H2,1-2H3,(H2,20,21,22). The van der Waals surface area contributed by atoms with Crippen LogP contribution in [-0.2, 0) is 17.3 Å². The molecule has 0 saturated heterocycles. The molecule has 26 heavy (non-hydrogen) atoms. The fourth-order valence-electron chi connectivity index (χ4n) is 4.16. The van der Waals surface area contributed by atoms with Gasteiger partial charge in [0.15, 0.2) is 5.96 Å². The molecule has 2 fully saturated rings. The zero-order chi connectivity index (χ0) is 18.4. The van der Waals surface area contributed by atoms with Crippen molar-refractivity contribution in [2.45, 2.75) is 82.2 Å². The lowest BCUT2D eigenvalue weighted by atomic mass is 9.95. The van der Waals surface area contributed by atoms with Gasteiger partial charge < -0.3 is 10.6 Å². The molecular formula is C19H33N5OS. The highest BCUT2D eigenvalue weighted by atomic mass is 32.2. The van der Waals surface area contributed by atoms with Gasteiger partial charge in [-0.3, -0.25) is 13.9 Å². The van der Waals surface area contributed by atoms with E-state index in [9.17, 15) is 4.21 Å². The van der Waals surface area contributed by atoms with E-state index in [1.807, 2.05) is 6.92 Å². The Labute approximate surface area is 159 Å². The Balaban J connectivity index is 1.48. The van der Waals surface area contributed by atoms with E-state index < -0.39 is 10.8 Å². The number of aromatic nitrogens is 2. The summed E-state index contributed by atoms with van der Waals surface area (Å²) in [6.07, 6.45) is 11.6. The van der Waals surface area contributed by atoms with Crippen molar-refractivity contribution in [3.63, 3.8) is 0 Å². The van der Waals surface area contributed by atoms with Gasteiger partial charge in [0, 0.05) is 41.1 Å². The Morgan fingerprint density at radius 1 is 1.31 bits per heavy atom. The van der Waals surface area contributed by atoms with Crippen molar-refractivity contribution in [1.82, 2.24) is 20.4 Å². The molecule has 2 N–H and O–H groups in total. The van der Waals surface area contributed by atoms with Gasteiger partial charge in [0.05, 0.1) is 18.3 Å². The van der Waals surface area contributed by atoms with Gasteiger partial charge in [0.2, 0.25) is 0 Å². The summed E-state index contributed by atoms with van der Waals surface area (Å²) in [5, 5.41) is 11.9. The van der Waals surface area contributed by atoms with Gasteiger partial charge in [-0.25, -0.2) is 0 Å². The van der Waals surface area contributed by atoms with Crippen molar-refractivity contribution < 1.29 is 4.21 Å². The van der Waals surface area contributed by atoms with Crippen LogP contribution in [0, 0.1) is 0 Å². The number of aliphatic imine (C=N–C) groups is 1. The molecule has 1 aromatic heterocycles. The third kappa shape index (κ3) is 5.09. The van der Waals surface area contributed by atoms with E-state index in [1.165, 1.54) is 25.7 Å². The Bertz CT molecular complexity index is 623. The fraction of sp³-hybridized carbons (Fsp3) is 0.789. The molecular weight excluding hydrogens is 346 g/mol. The lowest BCUT2D eigenvalue weighted by Crippen LogP contribution is -2.46. The number of guanidine groups is 1. The number of hydrogen-bond acceptors (Lipinski definition) is 3. The molecule has 0 spiro atoms. The molecule has 3 atom stereocenters. The Morgan fingerprint density at radius 3 is 2.85 bits per heavy atom. The maximum atomic E-state index is 12.1. The number of rotatable bonds is 6. The maximum absolute atomic E-state index is 12.1. The first-order valence-corrected chi connectivity index (χ1v) is 11.5. The van der Waals surface area contributed by atoms with Crippen LogP contribution < -0.4 is 10.6 Å². The van der Waals surface area contributed by atoms with Crippen LogP contribution in [0.2, 0.25) is 0 Å². The van der Waals surface area contributed by atoms with Crippen LogP contribution in [0.5, 0.6) is 0 Å². The fourth-order valence-corrected chi connectivity index (χ4v) is 5.50. The molecule has 6 nitrogen and oxygen atoms in total. The van der Waals surface area contributed by atoms with Crippen molar-refractivity contribution in [2.75, 3.05) is 12.8 Å². The van der Waals surface area contributed by atoms with Crippen LogP contribution in [0.4, 0.5) is 0 Å². The van der Waals surface area contributed by atoms with Crippen LogP contribution in [-0.4, -0.2) is 44.0 Å². The minimum atomic E-state index is -0.696. The maximum Gasteiger partial charge on any atom is 0.191 e. The average molecular weight is 380 g/mol. The molecule has 0 bridgehead atoms. The molecule has 7 heteroatoms. The van der Waals surface area contributed by atoms with Crippen LogP contribution in [0.25, 0.3) is 0 Å². The Hall–Kier alpha value is -1.37. The lowest BCUT2D eigenvalue weighted by Gasteiger charge is -2.30. The minimum absolute atomic E-state index is 0.325. The molecule has 0 aromatic carbocycles. The topological polar surface area (TPSA) is 71.3 Å². The second-order valence-corrected chi connectivity index (χ2v) is 9.46. The van der Waals surface area contributed by atoms with Gasteiger partial charge in [0.25, 0.3) is 0 Å². The SMILES string of the molecule is CCS(=O)C1CCCC(NC(=NC)NCc2ccn(C3CCCC3)n2)C1. The molecule has 2 aliphatic carbocycles. The zero-order valence-corrected chi connectivity index (χ0v) is 16.9. The van der Waals surface area contributed by atoms with E-state index in [0.717, 1.165) is 43.1 Å². The monoisotopic (exact) mass is 379 g/mol. The predicted molar refractivity (Wildman–Crippen MR) is 108 cm³/mol. The number of nitrogens with zero attached hydrogens (tertiary/aromatic N) is 3. The summed E-state index contributed by atoms with van der Waals surface area (Å²) in [5.41, 5.74) is 1.05. The molecule has 3 unspecified atom stereocenters. The normalized spacial score (nSPS) is 26.0. The largest absolute Gasteiger partial charge is 0.354 e. The minimum Gasteiger partial charge on any atom is -0.354 e. The zero-order valence-electron chi connectivity index (χ0n) is 16.1. The summed E-state index contributed by atoms with van der Waals surface area (Å²) in [5.74, 6) is 1.57. The molecule has 2 saturated carbocycles. The second-order valence-electron chi connectivity index (χ2n) is 7.45. The first-order chi connectivity index (χ1) is 12.7. The third-order valence-corrected chi connectivity index (χ3v) is 7.39. The molecule has 0 amide bonds. The molecule has 2 aliphatic rings. The first kappa shape index (κ1) is 19.4. The molecule has 1 heterocycles. The summed E-state index contributed by atoms with van der Waals surface area (Å²) in [7, 11) is 1.11. The molecule has 3 rings (SSSR count). The summed E-state index contributed by atoms with van der Waals surface area (Å²) < 4.78 is 14.2. The first-order valence-electron chi connectivity index (χ1n) is 10.1. The highest BCUT2D eigenvalue weighted by molar-refractivity contribution is 7.85. The predicted octanol–water partition coefficient (Wildman–Crippen LogP) is 2.74. The lowest BCUT2D eigenvalue weighted by molar-refractivity contribution is 0.413. The molecule has 1 aromatic rings. The number of hydrogen-bond donors (Lipinski definition) is 2. The summed E-state index contributed by atoms with van der Waals surface area (Å²) in [6.45, 7) is 2.69. The van der Waals surface area contributed by atoms with Gasteiger partial charge >= 0.3 is 0 Å². The smallest absolute Gasteiger partial charge is 0.191 e. The van der Waals surface area contributed by atoms with E-state index in [4.69, 9.17) is 5.10 Å². The van der Waals surface area contributed by atoms with Crippen molar-refractivity contribution in [1.29, 1.82) is 0 Å². The van der Waals surface area contributed by atoms with Gasteiger partial charge in [-0.2, -0.15) is 5.10 Å². The van der Waals surface area contributed by atoms with Gasteiger partial charge in [0.1, 0.15) is 0 Å². The molecule has 0 radical (unpaired) electrons. The van der Waals surface area contributed by atoms with Crippen molar-refractivity contribution in [3.05, 3.63) is 18.0 Å². The van der Waals surface area contributed by atoms with E-state index in [2.05, 4.69) is 32.6 Å². The Kier molecular flexibility index (Phi) is 7.11. The van der Waals surface area contributed by atoms with Crippen molar-refractivity contribution in [3.8, 4) is 0 Å². The number of nitrogens with one attached hydrogen (secondary N) is 2. The molecule has 0 aliphatic heterocycles. The van der Waals surface area contributed by atoms with Gasteiger partial charge in [-0.05, 0) is 38.2 Å². The van der Waals surface area contributed by atoms with E-state index in [1.54, 1.807) is 7.05 Å². The summed E-state index contributed by atoms with van der Waals surface area (Å²) in [6, 6.07) is 3.03. The van der Waals surface area contributed by atoms with E-state index in [0.29, 0.717) is 23.9 Å². The third-order valence-electron chi connectivity index (χ3n) is 5.65. The van der Waals surface area contributed by atoms with Crippen LogP contribution in [0.3, 0.4) is 0 Å². The van der Waals surface area contributed by atoms with Crippen LogP contribution in [0.1, 0.15) is 70.0 Å². The highest BCUT2D eigenvalue weighted by Gasteiger charge is 2.26. The van der Waals surface area contributed by atoms with Crippen molar-refractivity contribution in [2.24, 2.45) is 4.99 Å². The quantitative estimate of drug-likeness (QED) is 0.589.